The lowest BCUT2D eigenvalue weighted by Crippen LogP contribution is -2.45. The number of halogens is 2. The number of H-pyrrole nitrogens is 1. The largest absolute Gasteiger partial charge is 0.369 e. The normalized spacial score (nSPS) is 14.8. The van der Waals surface area contributed by atoms with E-state index in [1.807, 2.05) is 42.5 Å². The Bertz CT molecular complexity index is 2590. The highest BCUT2D eigenvalue weighted by Gasteiger charge is 2.25. The van der Waals surface area contributed by atoms with Crippen LogP contribution < -0.4 is 21.1 Å². The van der Waals surface area contributed by atoms with Gasteiger partial charge in [-0.25, -0.2) is 23.7 Å². The van der Waals surface area contributed by atoms with Crippen molar-refractivity contribution >= 4 is 56.8 Å². The van der Waals surface area contributed by atoms with E-state index in [1.54, 1.807) is 24.1 Å². The van der Waals surface area contributed by atoms with E-state index in [0.717, 1.165) is 71.9 Å². The number of amides is 1. The molecule has 53 heavy (non-hydrogen) atoms. The highest BCUT2D eigenvalue weighted by atomic mass is 35.5. The summed E-state index contributed by atoms with van der Waals surface area (Å²) in [6.07, 6.45) is 3.84. The summed E-state index contributed by atoms with van der Waals surface area (Å²) in [7, 11) is 1.68. The molecule has 0 saturated carbocycles. The number of nitrogens with one attached hydrogen (secondary N) is 3. The lowest BCUT2D eigenvalue weighted by molar-refractivity contribution is 0.0956. The second kappa shape index (κ2) is 13.2. The first-order valence-corrected chi connectivity index (χ1v) is 17.8. The predicted molar refractivity (Wildman–Crippen MR) is 204 cm³/mol. The Morgan fingerprint density at radius 1 is 0.943 bits per heavy atom. The number of piperazine rings is 1. The quantitative estimate of drug-likeness (QED) is 0.188. The molecule has 0 atom stereocenters. The van der Waals surface area contributed by atoms with Crippen LogP contribution in [0.3, 0.4) is 0 Å². The zero-order valence-corrected chi connectivity index (χ0v) is 29.5. The predicted octanol–water partition coefficient (Wildman–Crippen LogP) is 5.81. The molecule has 6 heterocycles. The first kappa shape index (κ1) is 32.8. The maximum atomic E-state index is 14.4. The maximum absolute atomic E-state index is 14.4. The van der Waals surface area contributed by atoms with Crippen molar-refractivity contribution in [2.45, 2.75) is 13.0 Å². The smallest absolute Gasteiger partial charge is 0.277 e. The van der Waals surface area contributed by atoms with Crippen LogP contribution in [0.5, 0.6) is 0 Å². The minimum absolute atomic E-state index is 0.194. The van der Waals surface area contributed by atoms with E-state index >= 15 is 0 Å². The molecule has 266 valence electrons. The van der Waals surface area contributed by atoms with Crippen LogP contribution >= 0.6 is 11.6 Å². The highest BCUT2D eigenvalue weighted by molar-refractivity contribution is 6.33. The van der Waals surface area contributed by atoms with Crippen LogP contribution in [0.4, 0.5) is 21.7 Å². The molecule has 7 aromatic rings. The molecule has 0 aliphatic carbocycles. The van der Waals surface area contributed by atoms with E-state index in [0.29, 0.717) is 51.9 Å². The van der Waals surface area contributed by atoms with Gasteiger partial charge in [-0.1, -0.05) is 29.8 Å². The molecule has 12 nitrogen and oxygen atoms in total. The van der Waals surface area contributed by atoms with Crippen molar-refractivity contribution in [1.29, 1.82) is 0 Å². The number of benzene rings is 3. The topological polar surface area (TPSA) is 129 Å². The molecular formula is C39H34ClFN10O2. The average molecular weight is 729 g/mol. The third kappa shape index (κ3) is 5.97. The number of nitrogens with zero attached hydrogens (tertiary/aromatic N) is 7. The van der Waals surface area contributed by atoms with Gasteiger partial charge in [-0.15, -0.1) is 0 Å². The summed E-state index contributed by atoms with van der Waals surface area (Å²) >= 11 is 6.90. The van der Waals surface area contributed by atoms with Crippen molar-refractivity contribution in [1.82, 2.24) is 39.5 Å². The van der Waals surface area contributed by atoms with Crippen molar-refractivity contribution in [2.75, 3.05) is 42.9 Å². The summed E-state index contributed by atoms with van der Waals surface area (Å²) in [4.78, 5) is 47.0. The van der Waals surface area contributed by atoms with E-state index in [-0.39, 0.29) is 11.5 Å². The Kier molecular flexibility index (Phi) is 8.16. The standard InChI is InChI=1S/C39H34ClFN10O2/c1-48-38(53)30-21-44-39(47-36(30)51(48)33-4-2-3-12-42-33)45-25-6-8-26(9-7-25)50-16-14-49(15-17-50)22-23-5-10-27(31(40)18-23)35-28-11-13-43-37(52)29-19-24(41)20-32(46-35)34(28)29/h2-10,12,18-21,46H,11,13-17,22H2,1H3,(H,43,52)(H,44,45,47). The van der Waals surface area contributed by atoms with Crippen LogP contribution in [-0.4, -0.2) is 72.8 Å². The second-order valence-electron chi connectivity index (χ2n) is 13.4. The average Bonchev–Trinajstić information content (AvgIpc) is 3.58. The molecule has 2 aliphatic heterocycles. The van der Waals surface area contributed by atoms with Gasteiger partial charge in [0.15, 0.2) is 11.5 Å². The van der Waals surface area contributed by atoms with Crippen molar-refractivity contribution in [3.05, 3.63) is 123 Å². The molecule has 2 aliphatic rings. The fourth-order valence-corrected chi connectivity index (χ4v) is 7.78. The lowest BCUT2D eigenvalue weighted by Gasteiger charge is -2.36. The highest BCUT2D eigenvalue weighted by Crippen LogP contribution is 2.38. The van der Waals surface area contributed by atoms with Gasteiger partial charge in [0.1, 0.15) is 11.2 Å². The number of carbonyl (C=O) groups is 1. The van der Waals surface area contributed by atoms with Gasteiger partial charge in [-0.2, -0.15) is 4.98 Å². The molecule has 0 unspecified atom stereocenters. The minimum atomic E-state index is -0.455. The van der Waals surface area contributed by atoms with Gasteiger partial charge < -0.3 is 20.5 Å². The first-order chi connectivity index (χ1) is 25.8. The van der Waals surface area contributed by atoms with Gasteiger partial charge in [0, 0.05) is 86.6 Å². The van der Waals surface area contributed by atoms with Gasteiger partial charge in [0.25, 0.3) is 11.5 Å². The Labute approximate surface area is 307 Å². The summed E-state index contributed by atoms with van der Waals surface area (Å²) in [5.41, 5.74) is 6.93. The maximum Gasteiger partial charge on any atom is 0.277 e. The number of anilines is 3. The molecule has 1 saturated heterocycles. The zero-order valence-electron chi connectivity index (χ0n) is 28.7. The second-order valence-corrected chi connectivity index (χ2v) is 13.8. The third-order valence-corrected chi connectivity index (χ3v) is 10.4. The molecule has 3 N–H and O–H groups in total. The molecule has 4 aromatic heterocycles. The van der Waals surface area contributed by atoms with Crippen LogP contribution in [0.15, 0.2) is 90.0 Å². The van der Waals surface area contributed by atoms with Gasteiger partial charge in [-0.3, -0.25) is 14.5 Å². The van der Waals surface area contributed by atoms with Crippen molar-refractivity contribution in [3.8, 4) is 17.1 Å². The van der Waals surface area contributed by atoms with Crippen LogP contribution in [0.1, 0.15) is 21.5 Å². The van der Waals surface area contributed by atoms with Crippen molar-refractivity contribution in [2.24, 2.45) is 7.05 Å². The Morgan fingerprint density at radius 3 is 2.55 bits per heavy atom. The number of carbonyl (C=O) groups excluding carboxylic acids is 1. The van der Waals surface area contributed by atoms with E-state index in [9.17, 15) is 14.0 Å². The number of hydrogen-bond donors (Lipinski definition) is 3. The number of aromatic nitrogens is 6. The lowest BCUT2D eigenvalue weighted by atomic mass is 9.99. The Hall–Kier alpha value is -6.05. The molecule has 9 rings (SSSR count). The van der Waals surface area contributed by atoms with Crippen LogP contribution in [0, 0.1) is 5.82 Å². The SMILES string of the molecule is Cn1c(=O)c2cnc(Nc3ccc(N4CCN(Cc5ccc(-c6[nH]c7cc(F)cc8c7c6CCNC8=O)c(Cl)c5)CC4)cc3)nc2n1-c1ccccn1. The summed E-state index contributed by atoms with van der Waals surface area (Å²) < 4.78 is 17.5. The molecule has 0 radical (unpaired) electrons. The van der Waals surface area contributed by atoms with E-state index < -0.39 is 5.82 Å². The van der Waals surface area contributed by atoms with Gasteiger partial charge >= 0.3 is 0 Å². The van der Waals surface area contributed by atoms with Gasteiger partial charge in [0.05, 0.1) is 16.3 Å². The number of rotatable bonds is 7. The van der Waals surface area contributed by atoms with Crippen LogP contribution in [-0.2, 0) is 20.0 Å². The monoisotopic (exact) mass is 728 g/mol. The molecule has 1 fully saturated rings. The molecule has 0 bridgehead atoms. The first-order valence-electron chi connectivity index (χ1n) is 17.4. The fraction of sp³-hybridized carbons (Fsp3) is 0.205. The number of aromatic amines is 1. The third-order valence-electron chi connectivity index (χ3n) is 10.1. The van der Waals surface area contributed by atoms with E-state index in [4.69, 9.17) is 11.6 Å². The molecule has 1 amide bonds. The van der Waals surface area contributed by atoms with Crippen LogP contribution in [0.25, 0.3) is 39.0 Å². The Morgan fingerprint density at radius 2 is 1.77 bits per heavy atom. The molecule has 3 aromatic carbocycles. The number of fused-ring (bicyclic) bond motifs is 1. The van der Waals surface area contributed by atoms with Crippen molar-refractivity contribution < 1.29 is 9.18 Å². The van der Waals surface area contributed by atoms with Crippen molar-refractivity contribution in [3.63, 3.8) is 0 Å². The summed E-state index contributed by atoms with van der Waals surface area (Å²) in [6.45, 7) is 4.78. The Balaban J connectivity index is 0.851. The molecule has 14 heteroatoms. The molecular weight excluding hydrogens is 695 g/mol. The summed E-state index contributed by atoms with van der Waals surface area (Å²) in [6, 6.07) is 22.5. The van der Waals surface area contributed by atoms with Gasteiger partial charge in [-0.05, 0) is 72.1 Å². The minimum Gasteiger partial charge on any atom is -0.369 e. The van der Waals surface area contributed by atoms with Crippen LogP contribution in [0.2, 0.25) is 5.02 Å². The summed E-state index contributed by atoms with van der Waals surface area (Å²) in [5, 5.41) is 7.93. The number of pyridine rings is 1. The van der Waals surface area contributed by atoms with E-state index in [1.165, 1.54) is 16.8 Å². The molecule has 0 spiro atoms. The fourth-order valence-electron chi connectivity index (χ4n) is 7.48. The number of hydrogen-bond acceptors (Lipinski definition) is 8. The van der Waals surface area contributed by atoms with E-state index in [2.05, 4.69) is 58.6 Å². The van der Waals surface area contributed by atoms with Gasteiger partial charge in [0.2, 0.25) is 5.95 Å². The summed E-state index contributed by atoms with van der Waals surface area (Å²) in [5.74, 6) is 0.254. The zero-order chi connectivity index (χ0) is 36.2.